The van der Waals surface area contributed by atoms with E-state index in [1.807, 2.05) is 0 Å². The van der Waals surface area contributed by atoms with Crippen LogP contribution in [0.3, 0.4) is 0 Å². The Hall–Kier alpha value is -0.0800. The lowest BCUT2D eigenvalue weighted by molar-refractivity contribution is 0.202. The molecule has 88 valence electrons. The van der Waals surface area contributed by atoms with Crippen molar-refractivity contribution in [3.05, 3.63) is 0 Å². The van der Waals surface area contributed by atoms with Crippen LogP contribution in [0.15, 0.2) is 0 Å². The summed E-state index contributed by atoms with van der Waals surface area (Å²) in [7, 11) is 0. The molecule has 0 spiro atoms. The molecule has 2 atom stereocenters. The minimum Gasteiger partial charge on any atom is -0.300 e. The highest BCUT2D eigenvalue weighted by molar-refractivity contribution is 4.84. The third-order valence-corrected chi connectivity index (χ3v) is 4.11. The molecule has 0 amide bonds. The molecular formula is C13H26N2. The van der Waals surface area contributed by atoms with E-state index in [4.69, 9.17) is 0 Å². The summed E-state index contributed by atoms with van der Waals surface area (Å²) < 4.78 is 0. The molecular weight excluding hydrogens is 184 g/mol. The lowest BCUT2D eigenvalue weighted by Crippen LogP contribution is -2.41. The standard InChI is InChI=1S/C13H26N2/c1-2-3-5-11-6-4-7-12(10-11)13-14-8-9-15-13/h11-15H,2-10H2,1H3. The molecule has 2 unspecified atom stereocenters. The van der Waals surface area contributed by atoms with Crippen LogP contribution >= 0.6 is 0 Å². The summed E-state index contributed by atoms with van der Waals surface area (Å²) in [5.41, 5.74) is 0. The van der Waals surface area contributed by atoms with Gasteiger partial charge < -0.3 is 10.6 Å². The van der Waals surface area contributed by atoms with Crippen LogP contribution in [-0.2, 0) is 0 Å². The highest BCUT2D eigenvalue weighted by Crippen LogP contribution is 2.33. The van der Waals surface area contributed by atoms with Gasteiger partial charge in [-0.1, -0.05) is 39.0 Å². The van der Waals surface area contributed by atoms with Gasteiger partial charge >= 0.3 is 0 Å². The van der Waals surface area contributed by atoms with Gasteiger partial charge in [0.2, 0.25) is 0 Å². The van der Waals surface area contributed by atoms with Gasteiger partial charge in [0.05, 0.1) is 6.17 Å². The SMILES string of the molecule is CCCCC1CCCC(C2NCCN2)C1. The number of nitrogens with one attached hydrogen (secondary N) is 2. The zero-order valence-electron chi connectivity index (χ0n) is 10.1. The predicted molar refractivity (Wildman–Crippen MR) is 64.8 cm³/mol. The number of hydrogen-bond acceptors (Lipinski definition) is 2. The maximum Gasteiger partial charge on any atom is 0.0601 e. The van der Waals surface area contributed by atoms with E-state index in [1.165, 1.54) is 58.0 Å². The van der Waals surface area contributed by atoms with E-state index < -0.39 is 0 Å². The summed E-state index contributed by atoms with van der Waals surface area (Å²) in [5.74, 6) is 1.93. The molecule has 2 aliphatic rings. The topological polar surface area (TPSA) is 24.1 Å². The Balaban J connectivity index is 1.75. The van der Waals surface area contributed by atoms with Gasteiger partial charge in [-0.05, 0) is 24.7 Å². The highest BCUT2D eigenvalue weighted by Gasteiger charge is 2.29. The van der Waals surface area contributed by atoms with Crippen molar-refractivity contribution in [1.82, 2.24) is 10.6 Å². The Kier molecular flexibility index (Phi) is 4.45. The maximum atomic E-state index is 3.59. The lowest BCUT2D eigenvalue weighted by Gasteiger charge is -2.33. The summed E-state index contributed by atoms with van der Waals surface area (Å²) in [6.07, 6.45) is 10.7. The normalized spacial score (nSPS) is 33.4. The minimum absolute atomic E-state index is 0.634. The molecule has 0 radical (unpaired) electrons. The molecule has 1 saturated heterocycles. The van der Waals surface area contributed by atoms with Gasteiger partial charge in [0.15, 0.2) is 0 Å². The van der Waals surface area contributed by atoms with Gasteiger partial charge in [-0.25, -0.2) is 0 Å². The minimum atomic E-state index is 0.634. The van der Waals surface area contributed by atoms with Crippen LogP contribution in [0.25, 0.3) is 0 Å². The second-order valence-electron chi connectivity index (χ2n) is 5.32. The van der Waals surface area contributed by atoms with Crippen LogP contribution in [0.5, 0.6) is 0 Å². The van der Waals surface area contributed by atoms with Gasteiger partial charge in [0.25, 0.3) is 0 Å². The van der Waals surface area contributed by atoms with Crippen molar-refractivity contribution in [2.24, 2.45) is 11.8 Å². The average molecular weight is 210 g/mol. The molecule has 2 heteroatoms. The first kappa shape index (κ1) is 11.4. The molecule has 2 fully saturated rings. The van der Waals surface area contributed by atoms with Crippen LogP contribution in [0, 0.1) is 11.8 Å². The van der Waals surface area contributed by atoms with Crippen molar-refractivity contribution in [1.29, 1.82) is 0 Å². The summed E-state index contributed by atoms with van der Waals surface area (Å²) >= 11 is 0. The maximum absolute atomic E-state index is 3.59. The van der Waals surface area contributed by atoms with Crippen molar-refractivity contribution in [3.63, 3.8) is 0 Å². The third-order valence-electron chi connectivity index (χ3n) is 4.11. The number of rotatable bonds is 4. The van der Waals surface area contributed by atoms with E-state index in [0.717, 1.165) is 11.8 Å². The summed E-state index contributed by atoms with van der Waals surface area (Å²) in [5, 5.41) is 7.18. The van der Waals surface area contributed by atoms with Gasteiger partial charge in [0.1, 0.15) is 0 Å². The molecule has 2 nitrogen and oxygen atoms in total. The zero-order chi connectivity index (χ0) is 10.5. The molecule has 0 aromatic carbocycles. The Morgan fingerprint density at radius 2 is 1.93 bits per heavy atom. The smallest absolute Gasteiger partial charge is 0.0601 e. The highest BCUT2D eigenvalue weighted by atomic mass is 15.2. The molecule has 2 rings (SSSR count). The first-order valence-electron chi connectivity index (χ1n) is 6.87. The first-order valence-corrected chi connectivity index (χ1v) is 6.87. The van der Waals surface area contributed by atoms with Crippen molar-refractivity contribution in [2.75, 3.05) is 13.1 Å². The fourth-order valence-corrected chi connectivity index (χ4v) is 3.25. The molecule has 1 saturated carbocycles. The molecule has 0 bridgehead atoms. The van der Waals surface area contributed by atoms with Gasteiger partial charge in [0, 0.05) is 13.1 Å². The fraction of sp³-hybridized carbons (Fsp3) is 1.00. The molecule has 0 aromatic heterocycles. The summed E-state index contributed by atoms with van der Waals surface area (Å²) in [4.78, 5) is 0. The van der Waals surface area contributed by atoms with E-state index in [9.17, 15) is 0 Å². The Labute approximate surface area is 94.2 Å². The number of unbranched alkanes of at least 4 members (excludes halogenated alkanes) is 1. The zero-order valence-corrected chi connectivity index (χ0v) is 10.1. The molecule has 1 heterocycles. The molecule has 15 heavy (non-hydrogen) atoms. The number of hydrogen-bond donors (Lipinski definition) is 2. The fourth-order valence-electron chi connectivity index (χ4n) is 3.25. The van der Waals surface area contributed by atoms with E-state index in [2.05, 4.69) is 17.6 Å². The van der Waals surface area contributed by atoms with Crippen molar-refractivity contribution in [2.45, 2.75) is 58.0 Å². The van der Waals surface area contributed by atoms with E-state index in [1.54, 1.807) is 0 Å². The second-order valence-corrected chi connectivity index (χ2v) is 5.32. The van der Waals surface area contributed by atoms with E-state index >= 15 is 0 Å². The summed E-state index contributed by atoms with van der Waals surface area (Å²) in [6.45, 7) is 4.64. The van der Waals surface area contributed by atoms with E-state index in [-0.39, 0.29) is 0 Å². The monoisotopic (exact) mass is 210 g/mol. The van der Waals surface area contributed by atoms with Crippen molar-refractivity contribution in [3.8, 4) is 0 Å². The van der Waals surface area contributed by atoms with Crippen LogP contribution < -0.4 is 10.6 Å². The Bertz CT molecular complexity index is 175. The first-order chi connectivity index (χ1) is 7.40. The van der Waals surface area contributed by atoms with Crippen LogP contribution in [-0.4, -0.2) is 19.3 Å². The van der Waals surface area contributed by atoms with E-state index in [0.29, 0.717) is 6.17 Å². The van der Waals surface area contributed by atoms with Gasteiger partial charge in [-0.15, -0.1) is 0 Å². The van der Waals surface area contributed by atoms with Crippen molar-refractivity contribution < 1.29 is 0 Å². The molecule has 1 aliphatic carbocycles. The third kappa shape index (κ3) is 3.18. The van der Waals surface area contributed by atoms with Gasteiger partial charge in [-0.3, -0.25) is 0 Å². The lowest BCUT2D eigenvalue weighted by atomic mass is 9.78. The molecule has 0 aromatic rings. The average Bonchev–Trinajstić information content (AvgIpc) is 2.80. The largest absolute Gasteiger partial charge is 0.300 e. The summed E-state index contributed by atoms with van der Waals surface area (Å²) in [6, 6.07) is 0. The Morgan fingerprint density at radius 3 is 2.67 bits per heavy atom. The Morgan fingerprint density at radius 1 is 1.13 bits per heavy atom. The molecule has 2 N–H and O–H groups in total. The second kappa shape index (κ2) is 5.86. The van der Waals surface area contributed by atoms with Crippen molar-refractivity contribution >= 4 is 0 Å². The van der Waals surface area contributed by atoms with Crippen LogP contribution in [0.4, 0.5) is 0 Å². The quantitative estimate of drug-likeness (QED) is 0.745. The van der Waals surface area contributed by atoms with Gasteiger partial charge in [-0.2, -0.15) is 0 Å². The predicted octanol–water partition coefficient (Wildman–Crippen LogP) is 2.50. The van der Waals surface area contributed by atoms with Crippen LogP contribution in [0.1, 0.15) is 51.9 Å². The van der Waals surface area contributed by atoms with Crippen LogP contribution in [0.2, 0.25) is 0 Å². The molecule has 1 aliphatic heterocycles.